The summed E-state index contributed by atoms with van der Waals surface area (Å²) < 4.78 is 11.4. The highest BCUT2D eigenvalue weighted by Crippen LogP contribution is 2.15. The fourth-order valence-electron chi connectivity index (χ4n) is 3.72. The molecule has 1 atom stereocenters. The normalized spacial score (nSPS) is 17.5. The first-order chi connectivity index (χ1) is 12.9. The lowest BCUT2D eigenvalue weighted by Gasteiger charge is -2.22. The maximum atomic E-state index is 5.78. The van der Waals surface area contributed by atoms with Crippen LogP contribution in [0.3, 0.4) is 0 Å². The van der Waals surface area contributed by atoms with Gasteiger partial charge in [0.2, 0.25) is 0 Å². The first-order valence-corrected chi connectivity index (χ1v) is 11.2. The molecule has 1 aliphatic rings. The van der Waals surface area contributed by atoms with Gasteiger partial charge in [-0.2, -0.15) is 0 Å². The van der Waals surface area contributed by atoms with Crippen molar-refractivity contribution < 1.29 is 9.47 Å². The lowest BCUT2D eigenvalue weighted by molar-refractivity contribution is -0.162. The van der Waals surface area contributed by atoms with E-state index in [9.17, 15) is 0 Å². The van der Waals surface area contributed by atoms with Gasteiger partial charge in [-0.1, -0.05) is 88.1 Å². The molecule has 0 radical (unpaired) electrons. The van der Waals surface area contributed by atoms with Gasteiger partial charge < -0.3 is 9.47 Å². The van der Waals surface area contributed by atoms with E-state index in [1.807, 2.05) is 0 Å². The Bertz CT molecular complexity index is 411. The first kappa shape index (κ1) is 21.4. The van der Waals surface area contributed by atoms with Gasteiger partial charge in [-0.15, -0.1) is 0 Å². The molecule has 1 aliphatic heterocycles. The van der Waals surface area contributed by atoms with Gasteiger partial charge in [-0.25, -0.2) is 0 Å². The molecule has 0 spiro atoms. The number of hydrogen-bond acceptors (Lipinski definition) is 2. The summed E-state index contributed by atoms with van der Waals surface area (Å²) in [6.45, 7) is 1.77. The van der Waals surface area contributed by atoms with Crippen LogP contribution in [0.2, 0.25) is 0 Å². The van der Waals surface area contributed by atoms with Crippen LogP contribution >= 0.6 is 0 Å². The molecular formula is C24H40O2. The van der Waals surface area contributed by atoms with Crippen LogP contribution < -0.4 is 0 Å². The molecule has 1 heterocycles. The fourth-order valence-corrected chi connectivity index (χ4v) is 3.72. The van der Waals surface area contributed by atoms with Crippen molar-refractivity contribution in [2.24, 2.45) is 0 Å². The van der Waals surface area contributed by atoms with Crippen molar-refractivity contribution in [1.82, 2.24) is 0 Å². The van der Waals surface area contributed by atoms with Crippen LogP contribution in [0.1, 0.15) is 95.5 Å². The summed E-state index contributed by atoms with van der Waals surface area (Å²) in [7, 11) is 0. The Balaban J connectivity index is 1.25. The van der Waals surface area contributed by atoms with E-state index in [1.165, 1.54) is 95.5 Å². The summed E-state index contributed by atoms with van der Waals surface area (Å²) in [4.78, 5) is 0. The Labute approximate surface area is 161 Å². The molecule has 1 saturated heterocycles. The molecule has 1 fully saturated rings. The molecular weight excluding hydrogens is 320 g/mol. The predicted molar refractivity (Wildman–Crippen MR) is 110 cm³/mol. The summed E-state index contributed by atoms with van der Waals surface area (Å²) >= 11 is 0. The van der Waals surface area contributed by atoms with E-state index in [0.717, 1.165) is 19.6 Å². The van der Waals surface area contributed by atoms with Gasteiger partial charge in [0.25, 0.3) is 0 Å². The summed E-state index contributed by atoms with van der Waals surface area (Å²) in [6.07, 6.45) is 20.0. The number of benzene rings is 1. The summed E-state index contributed by atoms with van der Waals surface area (Å²) in [5.74, 6) is 0. The number of unbranched alkanes of at least 4 members (excludes halogenated alkanes) is 10. The topological polar surface area (TPSA) is 18.5 Å². The van der Waals surface area contributed by atoms with Crippen molar-refractivity contribution >= 4 is 0 Å². The van der Waals surface area contributed by atoms with Crippen LogP contribution in [0.15, 0.2) is 30.3 Å². The van der Waals surface area contributed by atoms with Crippen LogP contribution in [0.5, 0.6) is 0 Å². The van der Waals surface area contributed by atoms with Crippen molar-refractivity contribution in [3.8, 4) is 0 Å². The fraction of sp³-hybridized carbons (Fsp3) is 0.750. The summed E-state index contributed by atoms with van der Waals surface area (Å²) in [6, 6.07) is 10.9. The van der Waals surface area contributed by atoms with Crippen molar-refractivity contribution in [2.45, 2.75) is 103 Å². The highest BCUT2D eigenvalue weighted by atomic mass is 16.7. The van der Waals surface area contributed by atoms with Crippen molar-refractivity contribution in [3.05, 3.63) is 35.9 Å². The molecule has 1 aromatic carbocycles. The molecule has 1 unspecified atom stereocenters. The van der Waals surface area contributed by atoms with E-state index < -0.39 is 0 Å². The van der Waals surface area contributed by atoms with E-state index in [4.69, 9.17) is 9.47 Å². The Morgan fingerprint density at radius 1 is 0.731 bits per heavy atom. The smallest absolute Gasteiger partial charge is 0.157 e. The Morgan fingerprint density at radius 3 is 1.96 bits per heavy atom. The Hall–Kier alpha value is -0.860. The maximum Gasteiger partial charge on any atom is 0.157 e. The van der Waals surface area contributed by atoms with E-state index in [1.54, 1.807) is 0 Å². The minimum absolute atomic E-state index is 0.0939. The van der Waals surface area contributed by atoms with Crippen LogP contribution in [-0.4, -0.2) is 19.5 Å². The van der Waals surface area contributed by atoms with Crippen LogP contribution in [0.25, 0.3) is 0 Å². The van der Waals surface area contributed by atoms with Crippen molar-refractivity contribution in [3.63, 3.8) is 0 Å². The third-order valence-electron chi connectivity index (χ3n) is 5.39. The highest BCUT2D eigenvalue weighted by molar-refractivity contribution is 5.14. The van der Waals surface area contributed by atoms with E-state index in [0.29, 0.717) is 0 Å². The van der Waals surface area contributed by atoms with Crippen LogP contribution in [0, 0.1) is 0 Å². The molecule has 0 aliphatic carbocycles. The van der Waals surface area contributed by atoms with Gasteiger partial charge in [-0.3, -0.25) is 0 Å². The zero-order valence-electron chi connectivity index (χ0n) is 16.8. The summed E-state index contributed by atoms with van der Waals surface area (Å²) in [5.41, 5.74) is 1.49. The van der Waals surface area contributed by atoms with Gasteiger partial charge in [0, 0.05) is 13.2 Å². The second-order valence-electron chi connectivity index (χ2n) is 7.79. The first-order valence-electron chi connectivity index (χ1n) is 11.2. The zero-order valence-corrected chi connectivity index (χ0v) is 16.8. The monoisotopic (exact) mass is 360 g/mol. The molecule has 0 aromatic heterocycles. The standard InChI is InChI=1S/C24H40O2/c1(2-4-6-8-11-17-23-18-12-10-13-19-23)3-5-7-9-15-21-25-24-20-14-16-22-26-24/h10,12-13,18-19,24H,1-9,11,14-17,20-22H2. The number of hydrogen-bond donors (Lipinski definition) is 0. The molecule has 2 heteroatoms. The molecule has 2 rings (SSSR count). The quantitative estimate of drug-likeness (QED) is 0.312. The van der Waals surface area contributed by atoms with Crippen LogP contribution in [-0.2, 0) is 15.9 Å². The number of rotatable bonds is 15. The van der Waals surface area contributed by atoms with Crippen molar-refractivity contribution in [2.75, 3.05) is 13.2 Å². The maximum absolute atomic E-state index is 5.78. The van der Waals surface area contributed by atoms with Crippen molar-refractivity contribution in [1.29, 1.82) is 0 Å². The van der Waals surface area contributed by atoms with Gasteiger partial charge in [0.05, 0.1) is 0 Å². The van der Waals surface area contributed by atoms with E-state index in [-0.39, 0.29) is 6.29 Å². The van der Waals surface area contributed by atoms with Gasteiger partial charge in [0.15, 0.2) is 6.29 Å². The van der Waals surface area contributed by atoms with Gasteiger partial charge in [-0.05, 0) is 44.1 Å². The largest absolute Gasteiger partial charge is 0.353 e. The van der Waals surface area contributed by atoms with Gasteiger partial charge >= 0.3 is 0 Å². The molecule has 26 heavy (non-hydrogen) atoms. The molecule has 0 saturated carbocycles. The third-order valence-corrected chi connectivity index (χ3v) is 5.39. The number of ether oxygens (including phenoxy) is 2. The lowest BCUT2D eigenvalue weighted by Crippen LogP contribution is -2.22. The molecule has 2 nitrogen and oxygen atoms in total. The molecule has 1 aromatic rings. The minimum atomic E-state index is 0.0939. The Kier molecular flexibility index (Phi) is 12.6. The SMILES string of the molecule is c1ccc(CCCCCCCCCCCCCOC2CCCCO2)cc1. The average molecular weight is 361 g/mol. The molecule has 0 bridgehead atoms. The van der Waals surface area contributed by atoms with E-state index >= 15 is 0 Å². The van der Waals surface area contributed by atoms with E-state index in [2.05, 4.69) is 30.3 Å². The minimum Gasteiger partial charge on any atom is -0.353 e. The van der Waals surface area contributed by atoms with Gasteiger partial charge in [0.1, 0.15) is 0 Å². The Morgan fingerprint density at radius 2 is 1.35 bits per heavy atom. The predicted octanol–water partition coefficient (Wildman–Crippen LogP) is 7.06. The zero-order chi connectivity index (χ0) is 18.1. The lowest BCUT2D eigenvalue weighted by atomic mass is 10.0. The molecule has 148 valence electrons. The highest BCUT2D eigenvalue weighted by Gasteiger charge is 2.13. The molecule has 0 amide bonds. The third kappa shape index (κ3) is 11.0. The second-order valence-corrected chi connectivity index (χ2v) is 7.79. The number of aryl methyl sites for hydroxylation is 1. The molecule has 0 N–H and O–H groups in total. The second kappa shape index (κ2) is 15.2. The van der Waals surface area contributed by atoms with Crippen LogP contribution in [0.4, 0.5) is 0 Å². The average Bonchev–Trinajstić information content (AvgIpc) is 2.70. The summed E-state index contributed by atoms with van der Waals surface area (Å²) in [5, 5.41) is 0.